The van der Waals surface area contributed by atoms with Crippen molar-refractivity contribution >= 4 is 5.78 Å². The lowest BCUT2D eigenvalue weighted by molar-refractivity contribution is -0.134. The molecule has 4 rings (SSSR count). The molecule has 22 heavy (non-hydrogen) atoms. The van der Waals surface area contributed by atoms with Gasteiger partial charge in [0.2, 0.25) is 0 Å². The number of hydrogen-bond donors (Lipinski definition) is 1. The van der Waals surface area contributed by atoms with Crippen LogP contribution in [0.2, 0.25) is 0 Å². The van der Waals surface area contributed by atoms with Crippen LogP contribution in [0.4, 0.5) is 0 Å². The second-order valence-corrected chi connectivity index (χ2v) is 6.93. The fraction of sp³-hybridized carbons (Fsp3) is 0.611. The number of nitrogens with one attached hydrogen (secondary N) is 1. The summed E-state index contributed by atoms with van der Waals surface area (Å²) in [5.41, 5.74) is 2.27. The van der Waals surface area contributed by atoms with Crippen molar-refractivity contribution in [2.24, 2.45) is 5.92 Å². The molecule has 118 valence electrons. The van der Waals surface area contributed by atoms with E-state index >= 15 is 0 Å². The first-order chi connectivity index (χ1) is 10.6. The molecule has 1 aromatic rings. The van der Waals surface area contributed by atoms with Crippen molar-refractivity contribution in [3.63, 3.8) is 0 Å². The number of carbonyl (C=O) groups excluding carboxylic acids is 1. The maximum Gasteiger partial charge on any atom is 0.174 e. The zero-order valence-corrected chi connectivity index (χ0v) is 13.4. The maximum atomic E-state index is 12.6. The van der Waals surface area contributed by atoms with E-state index in [4.69, 9.17) is 9.47 Å². The van der Waals surface area contributed by atoms with Gasteiger partial charge in [0.1, 0.15) is 0 Å². The molecule has 0 radical (unpaired) electrons. The smallest absolute Gasteiger partial charge is 0.174 e. The summed E-state index contributed by atoms with van der Waals surface area (Å²) in [5.74, 6) is 2.25. The number of Topliss-reactive ketones (excluding diaryl/α,β-unsaturated/α-hetero) is 1. The van der Waals surface area contributed by atoms with Gasteiger partial charge in [0, 0.05) is 23.4 Å². The number of methoxy groups -OCH3 is 1. The molecule has 1 aliphatic carbocycles. The van der Waals surface area contributed by atoms with Crippen molar-refractivity contribution in [1.29, 1.82) is 0 Å². The highest BCUT2D eigenvalue weighted by molar-refractivity contribution is 5.88. The molecule has 0 bridgehead atoms. The van der Waals surface area contributed by atoms with Crippen LogP contribution in [0.5, 0.6) is 11.5 Å². The van der Waals surface area contributed by atoms with Crippen molar-refractivity contribution in [3.05, 3.63) is 23.3 Å². The molecule has 1 N–H and O–H groups in total. The summed E-state index contributed by atoms with van der Waals surface area (Å²) >= 11 is 0. The number of aryl methyl sites for hydroxylation is 1. The zero-order chi connectivity index (χ0) is 15.5. The lowest BCUT2D eigenvalue weighted by Crippen LogP contribution is -2.62. The standard InChI is InChI=1S/C18H23NO3/c1-10-4-7-14(21-3)16-15(10)18-8-9-19-11(2)12(18)5-6-13(20)17(18)22-16/h4,7,11-12,17,19H,5-6,8-9H2,1-3H3. The first-order valence-corrected chi connectivity index (χ1v) is 8.20. The van der Waals surface area contributed by atoms with Crippen LogP contribution in [-0.4, -0.2) is 31.6 Å². The Kier molecular flexibility index (Phi) is 3.02. The van der Waals surface area contributed by atoms with Crippen molar-refractivity contribution in [2.45, 2.75) is 50.7 Å². The molecule has 2 fully saturated rings. The van der Waals surface area contributed by atoms with E-state index in [0.717, 1.165) is 30.9 Å². The number of piperidine rings is 1. The van der Waals surface area contributed by atoms with E-state index in [1.807, 2.05) is 6.07 Å². The molecule has 1 aromatic carbocycles. The van der Waals surface area contributed by atoms with Gasteiger partial charge in [0.15, 0.2) is 23.4 Å². The van der Waals surface area contributed by atoms with E-state index in [0.29, 0.717) is 18.4 Å². The van der Waals surface area contributed by atoms with Gasteiger partial charge in [-0.15, -0.1) is 0 Å². The Bertz CT molecular complexity index is 641. The fourth-order valence-corrected chi connectivity index (χ4v) is 5.08. The molecule has 3 aliphatic rings. The van der Waals surface area contributed by atoms with Crippen LogP contribution < -0.4 is 14.8 Å². The summed E-state index contributed by atoms with van der Waals surface area (Å²) in [7, 11) is 1.66. The lowest BCUT2D eigenvalue weighted by atomic mass is 9.56. The van der Waals surface area contributed by atoms with E-state index in [9.17, 15) is 4.79 Å². The van der Waals surface area contributed by atoms with Crippen molar-refractivity contribution in [3.8, 4) is 11.5 Å². The van der Waals surface area contributed by atoms with Gasteiger partial charge in [-0.2, -0.15) is 0 Å². The Morgan fingerprint density at radius 2 is 2.23 bits per heavy atom. The van der Waals surface area contributed by atoms with Crippen LogP contribution in [0.1, 0.15) is 37.3 Å². The van der Waals surface area contributed by atoms with Crippen LogP contribution in [0, 0.1) is 12.8 Å². The second-order valence-electron chi connectivity index (χ2n) is 6.93. The van der Waals surface area contributed by atoms with E-state index in [1.165, 1.54) is 11.1 Å². The van der Waals surface area contributed by atoms with Gasteiger partial charge in [-0.1, -0.05) is 6.07 Å². The summed E-state index contributed by atoms with van der Waals surface area (Å²) < 4.78 is 11.7. The Hall–Kier alpha value is -1.55. The topological polar surface area (TPSA) is 47.6 Å². The van der Waals surface area contributed by atoms with Gasteiger partial charge in [-0.3, -0.25) is 4.79 Å². The van der Waals surface area contributed by atoms with E-state index in [2.05, 4.69) is 25.2 Å². The molecule has 0 aromatic heterocycles. The van der Waals surface area contributed by atoms with Gasteiger partial charge in [-0.25, -0.2) is 0 Å². The van der Waals surface area contributed by atoms with Crippen LogP contribution in [0.3, 0.4) is 0 Å². The van der Waals surface area contributed by atoms with Gasteiger partial charge in [0.25, 0.3) is 0 Å². The number of rotatable bonds is 1. The Labute approximate surface area is 131 Å². The SMILES string of the molecule is COc1ccc(C)c2c1OC1C(=O)CCC3C(C)NCCC213. The third-order valence-corrected chi connectivity index (χ3v) is 5.98. The predicted molar refractivity (Wildman–Crippen MR) is 83.6 cm³/mol. The Morgan fingerprint density at radius 3 is 3.00 bits per heavy atom. The molecule has 1 saturated heterocycles. The maximum absolute atomic E-state index is 12.6. The van der Waals surface area contributed by atoms with E-state index < -0.39 is 0 Å². The highest BCUT2D eigenvalue weighted by Gasteiger charge is 2.61. The molecule has 2 aliphatic heterocycles. The molecule has 1 spiro atoms. The third kappa shape index (κ3) is 1.59. The third-order valence-electron chi connectivity index (χ3n) is 5.98. The summed E-state index contributed by atoms with van der Waals surface area (Å²) in [4.78, 5) is 12.6. The molecular weight excluding hydrogens is 278 g/mol. The molecule has 4 atom stereocenters. The summed E-state index contributed by atoms with van der Waals surface area (Å²) in [6.07, 6.45) is 2.20. The molecule has 0 amide bonds. The highest BCUT2D eigenvalue weighted by atomic mass is 16.5. The van der Waals surface area contributed by atoms with Crippen LogP contribution in [-0.2, 0) is 10.2 Å². The predicted octanol–water partition coefficient (Wildman–Crippen LogP) is 2.36. The van der Waals surface area contributed by atoms with Crippen LogP contribution in [0.15, 0.2) is 12.1 Å². The Morgan fingerprint density at radius 1 is 1.41 bits per heavy atom. The molecule has 4 heteroatoms. The van der Waals surface area contributed by atoms with Crippen molar-refractivity contribution in [1.82, 2.24) is 5.32 Å². The molecule has 4 nitrogen and oxygen atoms in total. The average Bonchev–Trinajstić information content (AvgIpc) is 2.85. The van der Waals surface area contributed by atoms with Crippen LogP contribution >= 0.6 is 0 Å². The van der Waals surface area contributed by atoms with Crippen LogP contribution in [0.25, 0.3) is 0 Å². The summed E-state index contributed by atoms with van der Waals surface area (Å²) in [6.45, 7) is 5.30. The van der Waals surface area contributed by atoms with Gasteiger partial charge < -0.3 is 14.8 Å². The fourth-order valence-electron chi connectivity index (χ4n) is 5.08. The first kappa shape index (κ1) is 14.1. The van der Waals surface area contributed by atoms with E-state index in [-0.39, 0.29) is 17.3 Å². The van der Waals surface area contributed by atoms with Gasteiger partial charge in [0.05, 0.1) is 7.11 Å². The molecule has 1 saturated carbocycles. The number of ether oxygens (including phenoxy) is 2. The van der Waals surface area contributed by atoms with Crippen molar-refractivity contribution < 1.29 is 14.3 Å². The first-order valence-electron chi connectivity index (χ1n) is 8.20. The molecule has 4 unspecified atom stereocenters. The largest absolute Gasteiger partial charge is 0.493 e. The summed E-state index contributed by atoms with van der Waals surface area (Å²) in [5, 5.41) is 3.58. The highest BCUT2D eigenvalue weighted by Crippen LogP contribution is 2.59. The minimum absolute atomic E-state index is 0.173. The summed E-state index contributed by atoms with van der Waals surface area (Å²) in [6, 6.07) is 4.46. The van der Waals surface area contributed by atoms with Gasteiger partial charge >= 0.3 is 0 Å². The van der Waals surface area contributed by atoms with Gasteiger partial charge in [-0.05, 0) is 50.8 Å². The number of ketones is 1. The number of carbonyl (C=O) groups is 1. The van der Waals surface area contributed by atoms with E-state index in [1.54, 1.807) is 7.11 Å². The Balaban J connectivity index is 1.97. The quantitative estimate of drug-likeness (QED) is 0.865. The minimum Gasteiger partial charge on any atom is -0.493 e. The molecular formula is C18H23NO3. The number of hydrogen-bond acceptors (Lipinski definition) is 4. The number of benzene rings is 1. The minimum atomic E-state index is -0.333. The molecule has 2 heterocycles. The lowest BCUT2D eigenvalue weighted by Gasteiger charge is -2.50. The monoisotopic (exact) mass is 301 g/mol. The average molecular weight is 301 g/mol. The number of fused-ring (bicyclic) bond motifs is 1. The second kappa shape index (κ2) is 4.72. The zero-order valence-electron chi connectivity index (χ0n) is 13.4. The normalized spacial score (nSPS) is 36.1. The van der Waals surface area contributed by atoms with Crippen molar-refractivity contribution in [2.75, 3.05) is 13.7 Å².